The van der Waals surface area contributed by atoms with E-state index in [4.69, 9.17) is 0 Å². The van der Waals surface area contributed by atoms with Crippen molar-refractivity contribution in [1.82, 2.24) is 0 Å². The van der Waals surface area contributed by atoms with Crippen molar-refractivity contribution in [1.29, 1.82) is 0 Å². The van der Waals surface area contributed by atoms with E-state index in [9.17, 15) is 4.79 Å². The quantitative estimate of drug-likeness (QED) is 0.218. The Labute approximate surface area is 178 Å². The summed E-state index contributed by atoms with van der Waals surface area (Å²) in [6.07, 6.45) is 16.1. The smallest absolute Gasteiger partial charge is 0.162 e. The van der Waals surface area contributed by atoms with Crippen molar-refractivity contribution >= 4 is 5.78 Å². The van der Waals surface area contributed by atoms with E-state index in [1.165, 1.54) is 74.5 Å². The first-order valence-corrected chi connectivity index (χ1v) is 12.0. The normalized spacial score (nSPS) is 11.0. The maximum Gasteiger partial charge on any atom is 0.162 e. The van der Waals surface area contributed by atoms with Crippen molar-refractivity contribution in [3.8, 4) is 11.1 Å². The van der Waals surface area contributed by atoms with Crippen LogP contribution in [0.2, 0.25) is 0 Å². The molecule has 2 aromatic rings. The van der Waals surface area contributed by atoms with Gasteiger partial charge in [-0.05, 0) is 36.0 Å². The molecule has 1 nitrogen and oxygen atoms in total. The van der Waals surface area contributed by atoms with E-state index in [2.05, 4.69) is 50.2 Å². The average molecular weight is 393 g/mol. The summed E-state index contributed by atoms with van der Waals surface area (Å²) in [4.78, 5) is 12.2. The fraction of sp³-hybridized carbons (Fsp3) is 0.536. The second-order valence-corrected chi connectivity index (χ2v) is 8.38. The van der Waals surface area contributed by atoms with Gasteiger partial charge in [-0.15, -0.1) is 0 Å². The minimum absolute atomic E-state index is 0.269. The van der Waals surface area contributed by atoms with E-state index in [0.717, 1.165) is 24.8 Å². The highest BCUT2D eigenvalue weighted by Crippen LogP contribution is 2.22. The van der Waals surface area contributed by atoms with Gasteiger partial charge in [0.05, 0.1) is 0 Å². The molecule has 0 aromatic heterocycles. The van der Waals surface area contributed by atoms with Gasteiger partial charge in [0, 0.05) is 12.0 Å². The third-order valence-corrected chi connectivity index (χ3v) is 5.82. The molecule has 0 saturated carbocycles. The molecule has 0 amide bonds. The lowest BCUT2D eigenvalue weighted by Gasteiger charge is -2.07. The zero-order chi connectivity index (χ0) is 20.7. The van der Waals surface area contributed by atoms with E-state index in [0.29, 0.717) is 6.42 Å². The molecule has 0 aliphatic carbocycles. The highest BCUT2D eigenvalue weighted by atomic mass is 16.1. The minimum atomic E-state index is 0.269. The van der Waals surface area contributed by atoms with Gasteiger partial charge < -0.3 is 0 Å². The van der Waals surface area contributed by atoms with Crippen molar-refractivity contribution in [2.45, 2.75) is 97.3 Å². The molecule has 0 N–H and O–H groups in total. The Morgan fingerprint density at radius 2 is 1.07 bits per heavy atom. The Kier molecular flexibility index (Phi) is 11.4. The number of Topliss-reactive ketones (excluding diaryl/α,β-unsaturated/α-hetero) is 1. The Balaban J connectivity index is 1.74. The van der Waals surface area contributed by atoms with Crippen LogP contribution in [0.15, 0.2) is 48.5 Å². The van der Waals surface area contributed by atoms with Crippen molar-refractivity contribution in [2.24, 2.45) is 0 Å². The number of carbonyl (C=O) groups excluding carboxylic acids is 1. The highest BCUT2D eigenvalue weighted by Gasteiger charge is 2.06. The molecule has 2 aromatic carbocycles. The third kappa shape index (κ3) is 8.98. The summed E-state index contributed by atoms with van der Waals surface area (Å²) in [5.74, 6) is 0.269. The lowest BCUT2D eigenvalue weighted by molar-refractivity contribution is 0.0979. The summed E-state index contributed by atoms with van der Waals surface area (Å²) in [6.45, 7) is 4.44. The largest absolute Gasteiger partial charge is 0.294 e. The van der Waals surface area contributed by atoms with Crippen molar-refractivity contribution in [2.75, 3.05) is 0 Å². The maximum absolute atomic E-state index is 12.2. The van der Waals surface area contributed by atoms with Gasteiger partial charge in [0.2, 0.25) is 0 Å². The van der Waals surface area contributed by atoms with Crippen LogP contribution in [0.25, 0.3) is 11.1 Å². The van der Waals surface area contributed by atoms with Crippen LogP contribution < -0.4 is 0 Å². The number of hydrogen-bond donors (Lipinski definition) is 0. The van der Waals surface area contributed by atoms with Crippen LogP contribution in [0.3, 0.4) is 0 Å². The monoisotopic (exact) mass is 392 g/mol. The van der Waals surface area contributed by atoms with Gasteiger partial charge in [-0.25, -0.2) is 0 Å². The van der Waals surface area contributed by atoms with Crippen LogP contribution in [0.1, 0.15) is 107 Å². The first-order chi connectivity index (χ1) is 14.2. The van der Waals surface area contributed by atoms with Gasteiger partial charge >= 0.3 is 0 Å². The molecule has 0 fully saturated rings. The van der Waals surface area contributed by atoms with E-state index in [-0.39, 0.29) is 5.78 Å². The van der Waals surface area contributed by atoms with E-state index in [1.807, 2.05) is 12.1 Å². The van der Waals surface area contributed by atoms with Gasteiger partial charge in [0.15, 0.2) is 5.78 Å². The zero-order valence-electron chi connectivity index (χ0n) is 18.7. The van der Waals surface area contributed by atoms with E-state index in [1.54, 1.807) is 0 Å². The fourth-order valence-corrected chi connectivity index (χ4v) is 3.86. The predicted octanol–water partition coefficient (Wildman–Crippen LogP) is 8.80. The van der Waals surface area contributed by atoms with Gasteiger partial charge in [-0.3, -0.25) is 4.79 Å². The number of unbranched alkanes of at least 4 members (excludes halogenated alkanes) is 9. The molecule has 0 radical (unpaired) electrons. The van der Waals surface area contributed by atoms with Crippen LogP contribution in [0.4, 0.5) is 0 Å². The number of aryl methyl sites for hydroxylation is 1. The lowest BCUT2D eigenvalue weighted by atomic mass is 9.98. The molecule has 158 valence electrons. The van der Waals surface area contributed by atoms with Crippen molar-refractivity contribution in [3.05, 3.63) is 59.7 Å². The van der Waals surface area contributed by atoms with Gasteiger partial charge in [-0.1, -0.05) is 120 Å². The van der Waals surface area contributed by atoms with Gasteiger partial charge in [0.1, 0.15) is 0 Å². The zero-order valence-corrected chi connectivity index (χ0v) is 18.7. The number of benzene rings is 2. The Hall–Kier alpha value is -1.89. The molecule has 0 atom stereocenters. The molecule has 0 aliphatic heterocycles. The second kappa shape index (κ2) is 14.1. The number of carbonyl (C=O) groups is 1. The molecule has 29 heavy (non-hydrogen) atoms. The van der Waals surface area contributed by atoms with Crippen LogP contribution in [0, 0.1) is 0 Å². The van der Waals surface area contributed by atoms with Crippen LogP contribution in [-0.4, -0.2) is 5.78 Å². The van der Waals surface area contributed by atoms with Crippen LogP contribution in [0.5, 0.6) is 0 Å². The Morgan fingerprint density at radius 3 is 1.66 bits per heavy atom. The van der Waals surface area contributed by atoms with Crippen molar-refractivity contribution < 1.29 is 4.79 Å². The Morgan fingerprint density at radius 1 is 0.586 bits per heavy atom. The summed E-state index contributed by atoms with van der Waals surface area (Å²) in [6, 6.07) is 17.1. The first-order valence-electron chi connectivity index (χ1n) is 12.0. The summed E-state index contributed by atoms with van der Waals surface area (Å²) >= 11 is 0. The SMILES string of the molecule is CCCCCCCCCCc1ccc(-c2ccc(C(=O)CCCCC)cc2)cc1. The first kappa shape index (κ1) is 23.4. The molecule has 0 bridgehead atoms. The summed E-state index contributed by atoms with van der Waals surface area (Å²) in [7, 11) is 0. The molecule has 0 heterocycles. The molecular weight excluding hydrogens is 352 g/mol. The standard InChI is InChI=1S/C28H40O/c1-3-5-7-8-9-10-11-13-14-24-16-18-25(19-17-24)26-20-22-27(23-21-26)28(29)15-12-6-4-2/h16-23H,3-15H2,1-2H3. The van der Waals surface area contributed by atoms with E-state index < -0.39 is 0 Å². The maximum atomic E-state index is 12.2. The third-order valence-electron chi connectivity index (χ3n) is 5.82. The molecule has 1 heteroatoms. The van der Waals surface area contributed by atoms with Crippen LogP contribution >= 0.6 is 0 Å². The average Bonchev–Trinajstić information content (AvgIpc) is 2.76. The number of ketones is 1. The topological polar surface area (TPSA) is 17.1 Å². The summed E-state index contributed by atoms with van der Waals surface area (Å²) < 4.78 is 0. The summed E-state index contributed by atoms with van der Waals surface area (Å²) in [5, 5.41) is 0. The highest BCUT2D eigenvalue weighted by molar-refractivity contribution is 5.96. The minimum Gasteiger partial charge on any atom is -0.294 e. The lowest BCUT2D eigenvalue weighted by Crippen LogP contribution is -1.98. The second-order valence-electron chi connectivity index (χ2n) is 8.38. The molecular formula is C28H40O. The van der Waals surface area contributed by atoms with Crippen LogP contribution in [-0.2, 0) is 6.42 Å². The summed E-state index contributed by atoms with van der Waals surface area (Å²) in [5.41, 5.74) is 4.70. The van der Waals surface area contributed by atoms with Crippen molar-refractivity contribution in [3.63, 3.8) is 0 Å². The molecule has 2 rings (SSSR count). The Bertz CT molecular complexity index is 681. The number of hydrogen-bond acceptors (Lipinski definition) is 1. The molecule has 0 unspecified atom stereocenters. The predicted molar refractivity (Wildman–Crippen MR) is 127 cm³/mol. The van der Waals surface area contributed by atoms with Gasteiger partial charge in [0.25, 0.3) is 0 Å². The van der Waals surface area contributed by atoms with E-state index >= 15 is 0 Å². The molecule has 0 aliphatic rings. The van der Waals surface area contributed by atoms with Gasteiger partial charge in [-0.2, -0.15) is 0 Å². The molecule has 0 saturated heterocycles. The fourth-order valence-electron chi connectivity index (χ4n) is 3.86. The molecule has 0 spiro atoms. The number of rotatable bonds is 15.